The van der Waals surface area contributed by atoms with Crippen LogP contribution >= 0.6 is 11.6 Å². The number of halogens is 1. The third-order valence-corrected chi connectivity index (χ3v) is 2.42. The van der Waals surface area contributed by atoms with Crippen molar-refractivity contribution in [1.29, 1.82) is 0 Å². The van der Waals surface area contributed by atoms with Crippen LogP contribution in [0.1, 0.15) is 12.5 Å². The van der Waals surface area contributed by atoms with E-state index in [0.29, 0.717) is 6.61 Å². The molecule has 2 aromatic heterocycles. The van der Waals surface area contributed by atoms with E-state index in [0.717, 1.165) is 22.6 Å². The van der Waals surface area contributed by atoms with Crippen molar-refractivity contribution in [3.63, 3.8) is 0 Å². The predicted molar refractivity (Wildman–Crippen MR) is 66.2 cm³/mol. The van der Waals surface area contributed by atoms with Gasteiger partial charge in [0.1, 0.15) is 5.75 Å². The summed E-state index contributed by atoms with van der Waals surface area (Å²) in [6.07, 6.45) is 5.09. The molecule has 0 aliphatic carbocycles. The number of pyridine rings is 1. The number of aromatic nitrogens is 3. The summed E-state index contributed by atoms with van der Waals surface area (Å²) in [6.45, 7) is 4.47. The third kappa shape index (κ3) is 2.71. The highest BCUT2D eigenvalue weighted by Gasteiger charge is 2.07. The van der Waals surface area contributed by atoms with Crippen molar-refractivity contribution in [3.05, 3.63) is 35.5 Å². The molecular formula is C12H12ClN3O. The summed E-state index contributed by atoms with van der Waals surface area (Å²) < 4.78 is 5.40. The monoisotopic (exact) mass is 249 g/mol. The summed E-state index contributed by atoms with van der Waals surface area (Å²) >= 11 is 5.79. The van der Waals surface area contributed by atoms with E-state index in [1.165, 1.54) is 0 Å². The Morgan fingerprint density at radius 1 is 1.29 bits per heavy atom. The SMILES string of the molecule is CCOc1cncc(-c2nc(Cl)ncc2C)c1. The number of hydrogen-bond acceptors (Lipinski definition) is 4. The smallest absolute Gasteiger partial charge is 0.222 e. The molecule has 0 radical (unpaired) electrons. The first-order valence-electron chi connectivity index (χ1n) is 5.28. The van der Waals surface area contributed by atoms with Crippen LogP contribution in [0.5, 0.6) is 5.75 Å². The van der Waals surface area contributed by atoms with Crippen LogP contribution in [-0.2, 0) is 0 Å². The minimum absolute atomic E-state index is 0.229. The highest BCUT2D eigenvalue weighted by molar-refractivity contribution is 6.28. The van der Waals surface area contributed by atoms with Crippen molar-refractivity contribution >= 4 is 11.6 Å². The van der Waals surface area contributed by atoms with Crippen LogP contribution in [0.3, 0.4) is 0 Å². The molecule has 0 saturated heterocycles. The molecule has 0 aromatic carbocycles. The van der Waals surface area contributed by atoms with E-state index in [1.807, 2.05) is 19.9 Å². The van der Waals surface area contributed by atoms with Gasteiger partial charge in [0, 0.05) is 18.0 Å². The first-order valence-corrected chi connectivity index (χ1v) is 5.66. The van der Waals surface area contributed by atoms with Crippen LogP contribution < -0.4 is 4.74 Å². The van der Waals surface area contributed by atoms with Crippen LogP contribution in [0.15, 0.2) is 24.7 Å². The first kappa shape index (κ1) is 11.8. The van der Waals surface area contributed by atoms with E-state index in [4.69, 9.17) is 16.3 Å². The molecule has 0 aliphatic rings. The second-order valence-electron chi connectivity index (χ2n) is 3.51. The van der Waals surface area contributed by atoms with Gasteiger partial charge in [-0.15, -0.1) is 0 Å². The normalized spacial score (nSPS) is 10.3. The highest BCUT2D eigenvalue weighted by Crippen LogP contribution is 2.24. The second kappa shape index (κ2) is 5.10. The summed E-state index contributed by atoms with van der Waals surface area (Å²) in [6, 6.07) is 1.89. The van der Waals surface area contributed by atoms with Crippen molar-refractivity contribution < 1.29 is 4.74 Å². The van der Waals surface area contributed by atoms with Gasteiger partial charge in [0.2, 0.25) is 5.28 Å². The molecule has 5 heteroatoms. The number of rotatable bonds is 3. The minimum atomic E-state index is 0.229. The van der Waals surface area contributed by atoms with Crippen molar-refractivity contribution in [3.8, 4) is 17.0 Å². The van der Waals surface area contributed by atoms with E-state index in [9.17, 15) is 0 Å². The number of aryl methyl sites for hydroxylation is 1. The lowest BCUT2D eigenvalue weighted by atomic mass is 10.1. The zero-order valence-electron chi connectivity index (χ0n) is 9.64. The molecular weight excluding hydrogens is 238 g/mol. The van der Waals surface area contributed by atoms with Gasteiger partial charge < -0.3 is 4.74 Å². The fourth-order valence-electron chi connectivity index (χ4n) is 1.51. The molecule has 0 fully saturated rings. The first-order chi connectivity index (χ1) is 8.20. The van der Waals surface area contributed by atoms with E-state index >= 15 is 0 Å². The predicted octanol–water partition coefficient (Wildman–Crippen LogP) is 2.90. The molecule has 0 spiro atoms. The van der Waals surface area contributed by atoms with Gasteiger partial charge in [-0.2, -0.15) is 0 Å². The Kier molecular flexibility index (Phi) is 3.54. The van der Waals surface area contributed by atoms with Crippen LogP contribution in [0, 0.1) is 6.92 Å². The molecule has 88 valence electrons. The van der Waals surface area contributed by atoms with E-state index < -0.39 is 0 Å². The Bertz CT molecular complexity index is 531. The Morgan fingerprint density at radius 2 is 2.12 bits per heavy atom. The molecule has 0 N–H and O–H groups in total. The molecule has 2 heterocycles. The molecule has 0 atom stereocenters. The van der Waals surface area contributed by atoms with E-state index in [-0.39, 0.29) is 5.28 Å². The lowest BCUT2D eigenvalue weighted by Crippen LogP contribution is -1.95. The standard InChI is InChI=1S/C12H12ClN3O/c1-3-17-10-4-9(6-14-7-10)11-8(2)5-15-12(13)16-11/h4-7H,3H2,1-2H3. The number of nitrogens with zero attached hydrogens (tertiary/aromatic N) is 3. The van der Waals surface area contributed by atoms with Gasteiger partial charge in [-0.1, -0.05) is 0 Å². The maximum absolute atomic E-state index is 5.79. The molecule has 4 nitrogen and oxygen atoms in total. The van der Waals surface area contributed by atoms with Gasteiger partial charge in [0.05, 0.1) is 18.5 Å². The van der Waals surface area contributed by atoms with Crippen LogP contribution in [0.2, 0.25) is 5.28 Å². The van der Waals surface area contributed by atoms with Crippen molar-refractivity contribution in [2.24, 2.45) is 0 Å². The molecule has 17 heavy (non-hydrogen) atoms. The molecule has 2 rings (SSSR count). The summed E-state index contributed by atoms with van der Waals surface area (Å²) in [7, 11) is 0. The summed E-state index contributed by atoms with van der Waals surface area (Å²) in [5.41, 5.74) is 2.60. The maximum atomic E-state index is 5.79. The van der Waals surface area contributed by atoms with Crippen LogP contribution in [0.25, 0.3) is 11.3 Å². The van der Waals surface area contributed by atoms with E-state index in [1.54, 1.807) is 18.6 Å². The van der Waals surface area contributed by atoms with Crippen molar-refractivity contribution in [1.82, 2.24) is 15.0 Å². The Balaban J connectivity index is 2.45. The lowest BCUT2D eigenvalue weighted by Gasteiger charge is -2.07. The average molecular weight is 250 g/mol. The summed E-state index contributed by atoms with van der Waals surface area (Å²) in [5, 5.41) is 0.229. The molecule has 0 aliphatic heterocycles. The van der Waals surface area contributed by atoms with Crippen LogP contribution in [0.4, 0.5) is 0 Å². The summed E-state index contributed by atoms with van der Waals surface area (Å²) in [5.74, 6) is 0.721. The van der Waals surface area contributed by atoms with Crippen LogP contribution in [-0.4, -0.2) is 21.6 Å². The zero-order chi connectivity index (χ0) is 12.3. The quantitative estimate of drug-likeness (QED) is 0.785. The maximum Gasteiger partial charge on any atom is 0.222 e. The second-order valence-corrected chi connectivity index (χ2v) is 3.85. The molecule has 2 aromatic rings. The summed E-state index contributed by atoms with van der Waals surface area (Å²) in [4.78, 5) is 12.3. The number of ether oxygens (including phenoxy) is 1. The molecule has 0 bridgehead atoms. The highest BCUT2D eigenvalue weighted by atomic mass is 35.5. The Hall–Kier alpha value is -1.68. The topological polar surface area (TPSA) is 47.9 Å². The van der Waals surface area contributed by atoms with E-state index in [2.05, 4.69) is 15.0 Å². The van der Waals surface area contributed by atoms with Gasteiger partial charge in [0.25, 0.3) is 0 Å². The average Bonchev–Trinajstić information content (AvgIpc) is 2.33. The van der Waals surface area contributed by atoms with Gasteiger partial charge in [-0.05, 0) is 37.1 Å². The Morgan fingerprint density at radius 3 is 2.88 bits per heavy atom. The van der Waals surface area contributed by atoms with Gasteiger partial charge in [-0.3, -0.25) is 4.98 Å². The largest absolute Gasteiger partial charge is 0.492 e. The van der Waals surface area contributed by atoms with Gasteiger partial charge >= 0.3 is 0 Å². The Labute approximate surface area is 105 Å². The van der Waals surface area contributed by atoms with Gasteiger partial charge in [-0.25, -0.2) is 9.97 Å². The lowest BCUT2D eigenvalue weighted by molar-refractivity contribution is 0.339. The van der Waals surface area contributed by atoms with Crippen molar-refractivity contribution in [2.45, 2.75) is 13.8 Å². The van der Waals surface area contributed by atoms with Gasteiger partial charge in [0.15, 0.2) is 0 Å². The molecule has 0 saturated carbocycles. The zero-order valence-corrected chi connectivity index (χ0v) is 10.4. The fourth-order valence-corrected chi connectivity index (χ4v) is 1.64. The molecule has 0 amide bonds. The fraction of sp³-hybridized carbons (Fsp3) is 0.250. The number of hydrogen-bond donors (Lipinski definition) is 0. The minimum Gasteiger partial charge on any atom is -0.492 e. The molecule has 0 unspecified atom stereocenters. The third-order valence-electron chi connectivity index (χ3n) is 2.24. The van der Waals surface area contributed by atoms with Crippen molar-refractivity contribution in [2.75, 3.05) is 6.61 Å².